The summed E-state index contributed by atoms with van der Waals surface area (Å²) in [5.41, 5.74) is 0.685. The van der Waals surface area contributed by atoms with E-state index in [0.29, 0.717) is 23.9 Å². The molecule has 19 heavy (non-hydrogen) atoms. The minimum Gasteiger partial charge on any atom is -0.463 e. The second kappa shape index (κ2) is 7.04. The quantitative estimate of drug-likeness (QED) is 0.758. The highest BCUT2D eigenvalue weighted by Gasteiger charge is 2.16. The number of hydrogen-bond acceptors (Lipinski definition) is 6. The van der Waals surface area contributed by atoms with Gasteiger partial charge >= 0.3 is 5.97 Å². The summed E-state index contributed by atoms with van der Waals surface area (Å²) in [6.45, 7) is 6.00. The van der Waals surface area contributed by atoms with Gasteiger partial charge in [0.15, 0.2) is 0 Å². The second-order valence-corrected chi connectivity index (χ2v) is 4.72. The SMILES string of the molecule is COC(=O)c1nc(C)cc(NC(CCO)C(C)C)n1. The summed E-state index contributed by atoms with van der Waals surface area (Å²) in [7, 11) is 1.30. The fourth-order valence-electron chi connectivity index (χ4n) is 1.73. The van der Waals surface area contributed by atoms with Crippen molar-refractivity contribution in [3.05, 3.63) is 17.6 Å². The molecule has 1 unspecified atom stereocenters. The first kappa shape index (κ1) is 15.4. The number of methoxy groups -OCH3 is 1. The summed E-state index contributed by atoms with van der Waals surface area (Å²) >= 11 is 0. The zero-order valence-corrected chi connectivity index (χ0v) is 11.8. The fraction of sp³-hybridized carbons (Fsp3) is 0.615. The Hall–Kier alpha value is -1.69. The number of rotatable bonds is 6. The predicted octanol–water partition coefficient (Wildman–Crippen LogP) is 1.39. The van der Waals surface area contributed by atoms with Gasteiger partial charge < -0.3 is 15.2 Å². The van der Waals surface area contributed by atoms with E-state index >= 15 is 0 Å². The lowest BCUT2D eigenvalue weighted by molar-refractivity contribution is 0.0586. The summed E-state index contributed by atoms with van der Waals surface area (Å²) in [6, 6.07) is 1.85. The van der Waals surface area contributed by atoms with E-state index in [0.717, 1.165) is 0 Å². The number of aryl methyl sites for hydroxylation is 1. The van der Waals surface area contributed by atoms with Gasteiger partial charge in [-0.2, -0.15) is 0 Å². The summed E-state index contributed by atoms with van der Waals surface area (Å²) in [5, 5.41) is 12.3. The number of hydrogen-bond donors (Lipinski definition) is 2. The van der Waals surface area contributed by atoms with Crippen LogP contribution in [0.25, 0.3) is 0 Å². The van der Waals surface area contributed by atoms with Crippen molar-refractivity contribution in [2.45, 2.75) is 33.2 Å². The highest BCUT2D eigenvalue weighted by Crippen LogP contribution is 2.14. The van der Waals surface area contributed by atoms with E-state index in [1.807, 2.05) is 0 Å². The van der Waals surface area contributed by atoms with Crippen LogP contribution in [-0.4, -0.2) is 40.8 Å². The smallest absolute Gasteiger partial charge is 0.376 e. The molecule has 0 amide bonds. The molecule has 0 fully saturated rings. The number of esters is 1. The van der Waals surface area contributed by atoms with Crippen LogP contribution in [0.1, 0.15) is 36.6 Å². The highest BCUT2D eigenvalue weighted by atomic mass is 16.5. The normalized spacial score (nSPS) is 12.3. The zero-order chi connectivity index (χ0) is 14.4. The number of aromatic nitrogens is 2. The van der Waals surface area contributed by atoms with Crippen molar-refractivity contribution in [3.8, 4) is 0 Å². The van der Waals surface area contributed by atoms with Gasteiger partial charge in [0.2, 0.25) is 5.82 Å². The van der Waals surface area contributed by atoms with Crippen LogP contribution < -0.4 is 5.32 Å². The number of carbonyl (C=O) groups is 1. The van der Waals surface area contributed by atoms with E-state index in [9.17, 15) is 4.79 Å². The topological polar surface area (TPSA) is 84.3 Å². The molecule has 1 aromatic heterocycles. The third-order valence-electron chi connectivity index (χ3n) is 2.80. The lowest BCUT2D eigenvalue weighted by Gasteiger charge is -2.22. The Morgan fingerprint density at radius 3 is 2.68 bits per heavy atom. The van der Waals surface area contributed by atoms with Crippen molar-refractivity contribution < 1.29 is 14.6 Å². The molecule has 1 atom stereocenters. The molecule has 106 valence electrons. The summed E-state index contributed by atoms with van der Waals surface area (Å²) in [5.74, 6) is 0.385. The summed E-state index contributed by atoms with van der Waals surface area (Å²) in [6.07, 6.45) is 0.619. The van der Waals surface area contributed by atoms with Crippen LogP contribution >= 0.6 is 0 Å². The first-order valence-corrected chi connectivity index (χ1v) is 6.29. The van der Waals surface area contributed by atoms with Gasteiger partial charge in [-0.25, -0.2) is 14.8 Å². The first-order valence-electron chi connectivity index (χ1n) is 6.29. The van der Waals surface area contributed by atoms with Crippen molar-refractivity contribution in [2.75, 3.05) is 19.0 Å². The van der Waals surface area contributed by atoms with Gasteiger partial charge in [-0.1, -0.05) is 13.8 Å². The number of anilines is 1. The van der Waals surface area contributed by atoms with Gasteiger partial charge in [-0.3, -0.25) is 0 Å². The number of carbonyl (C=O) groups excluding carboxylic acids is 1. The monoisotopic (exact) mass is 267 g/mol. The Morgan fingerprint density at radius 2 is 2.16 bits per heavy atom. The fourth-order valence-corrected chi connectivity index (χ4v) is 1.73. The summed E-state index contributed by atoms with van der Waals surface area (Å²) < 4.78 is 4.61. The number of nitrogens with one attached hydrogen (secondary N) is 1. The molecular formula is C13H21N3O3. The molecule has 0 spiro atoms. The average Bonchev–Trinajstić information content (AvgIpc) is 2.36. The van der Waals surface area contributed by atoms with Crippen molar-refractivity contribution in [1.82, 2.24) is 9.97 Å². The van der Waals surface area contributed by atoms with Gasteiger partial charge in [0, 0.05) is 24.4 Å². The molecule has 0 radical (unpaired) electrons. The Balaban J connectivity index is 2.93. The van der Waals surface area contributed by atoms with Crippen LogP contribution in [0.2, 0.25) is 0 Å². The van der Waals surface area contributed by atoms with Gasteiger partial charge in [0.1, 0.15) is 5.82 Å². The highest BCUT2D eigenvalue weighted by molar-refractivity contribution is 5.85. The molecule has 1 aromatic rings. The molecule has 0 bridgehead atoms. The van der Waals surface area contributed by atoms with Crippen LogP contribution in [0.4, 0.5) is 5.82 Å². The van der Waals surface area contributed by atoms with Crippen molar-refractivity contribution in [2.24, 2.45) is 5.92 Å². The molecule has 6 nitrogen and oxygen atoms in total. The van der Waals surface area contributed by atoms with Gasteiger partial charge in [0.05, 0.1) is 7.11 Å². The largest absolute Gasteiger partial charge is 0.463 e. The minimum absolute atomic E-state index is 0.0384. The maximum Gasteiger partial charge on any atom is 0.376 e. The first-order chi connectivity index (χ1) is 8.97. The molecule has 0 saturated heterocycles. The van der Waals surface area contributed by atoms with Crippen LogP contribution in [0.5, 0.6) is 0 Å². The van der Waals surface area contributed by atoms with E-state index in [2.05, 4.69) is 33.9 Å². The maximum absolute atomic E-state index is 11.4. The van der Waals surface area contributed by atoms with Crippen LogP contribution in [-0.2, 0) is 4.74 Å². The maximum atomic E-state index is 11.4. The number of aliphatic hydroxyl groups is 1. The molecule has 0 saturated carbocycles. The van der Waals surface area contributed by atoms with E-state index in [-0.39, 0.29) is 18.5 Å². The van der Waals surface area contributed by atoms with Gasteiger partial charge in [0.25, 0.3) is 0 Å². The molecular weight excluding hydrogens is 246 g/mol. The molecule has 0 aromatic carbocycles. The average molecular weight is 267 g/mol. The standard InChI is InChI=1S/C13H21N3O3/c1-8(2)10(5-6-17)15-11-7-9(3)14-12(16-11)13(18)19-4/h7-8,10,17H,5-6H2,1-4H3,(H,14,15,16). The molecule has 0 aliphatic carbocycles. The number of aliphatic hydroxyl groups excluding tert-OH is 1. The lowest BCUT2D eigenvalue weighted by Crippen LogP contribution is -2.27. The number of ether oxygens (including phenoxy) is 1. The third kappa shape index (κ3) is 4.48. The van der Waals surface area contributed by atoms with E-state index in [1.165, 1.54) is 7.11 Å². The van der Waals surface area contributed by atoms with Crippen LogP contribution in [0, 0.1) is 12.8 Å². The van der Waals surface area contributed by atoms with Crippen LogP contribution in [0.15, 0.2) is 6.07 Å². The Kier molecular flexibility index (Phi) is 5.69. The van der Waals surface area contributed by atoms with Gasteiger partial charge in [-0.15, -0.1) is 0 Å². The lowest BCUT2D eigenvalue weighted by atomic mass is 10.0. The molecule has 0 aliphatic heterocycles. The second-order valence-electron chi connectivity index (χ2n) is 4.72. The molecule has 6 heteroatoms. The van der Waals surface area contributed by atoms with E-state index in [1.54, 1.807) is 13.0 Å². The van der Waals surface area contributed by atoms with E-state index < -0.39 is 5.97 Å². The molecule has 0 aliphatic rings. The zero-order valence-electron chi connectivity index (χ0n) is 11.8. The molecule has 1 heterocycles. The molecule has 1 rings (SSSR count). The summed E-state index contributed by atoms with van der Waals surface area (Å²) in [4.78, 5) is 19.6. The Labute approximate surface area is 113 Å². The van der Waals surface area contributed by atoms with Gasteiger partial charge in [-0.05, 0) is 19.3 Å². The minimum atomic E-state index is -0.560. The molecule has 2 N–H and O–H groups in total. The van der Waals surface area contributed by atoms with Crippen molar-refractivity contribution in [3.63, 3.8) is 0 Å². The predicted molar refractivity (Wildman–Crippen MR) is 72.1 cm³/mol. The van der Waals surface area contributed by atoms with E-state index in [4.69, 9.17) is 5.11 Å². The Bertz CT molecular complexity index is 435. The van der Waals surface area contributed by atoms with Crippen molar-refractivity contribution >= 4 is 11.8 Å². The van der Waals surface area contributed by atoms with Crippen LogP contribution in [0.3, 0.4) is 0 Å². The number of nitrogens with zero attached hydrogens (tertiary/aromatic N) is 2. The van der Waals surface area contributed by atoms with Crippen molar-refractivity contribution in [1.29, 1.82) is 0 Å². The third-order valence-corrected chi connectivity index (χ3v) is 2.80. The Morgan fingerprint density at radius 1 is 1.47 bits per heavy atom.